The molecule has 0 radical (unpaired) electrons. The van der Waals surface area contributed by atoms with Crippen LogP contribution in [0.1, 0.15) is 67.4 Å². The fraction of sp³-hybridized carbons (Fsp3) is 0.765. The lowest BCUT2D eigenvalue weighted by atomic mass is 9.57. The van der Waals surface area contributed by atoms with E-state index < -0.39 is 0 Å². The van der Waals surface area contributed by atoms with Crippen molar-refractivity contribution in [2.75, 3.05) is 6.61 Å². The Labute approximate surface area is 131 Å². The van der Waals surface area contributed by atoms with E-state index >= 15 is 0 Å². The lowest BCUT2D eigenvalue weighted by Crippen LogP contribution is -2.56. The molecule has 2 heterocycles. The van der Waals surface area contributed by atoms with Gasteiger partial charge in [-0.3, -0.25) is 4.79 Å². The Morgan fingerprint density at radius 3 is 2.77 bits per heavy atom. The summed E-state index contributed by atoms with van der Waals surface area (Å²) in [6.07, 6.45) is 9.90. The van der Waals surface area contributed by atoms with E-state index in [1.165, 1.54) is 38.5 Å². The highest BCUT2D eigenvalue weighted by molar-refractivity contribution is 5.94. The molecule has 1 aliphatic heterocycles. The zero-order valence-corrected chi connectivity index (χ0v) is 13.4. The summed E-state index contributed by atoms with van der Waals surface area (Å²) in [5, 5.41) is 7.75. The number of nitrogens with one attached hydrogen (secondary N) is 1. The largest absolute Gasteiger partial charge is 0.478 e. The average molecular weight is 303 g/mol. The van der Waals surface area contributed by atoms with Crippen LogP contribution in [0.4, 0.5) is 0 Å². The van der Waals surface area contributed by atoms with Crippen molar-refractivity contribution >= 4 is 5.91 Å². The number of carbonyl (C=O) groups excluding carboxylic acids is 1. The Balaban J connectivity index is 1.50. The number of rotatable bonds is 2. The maximum absolute atomic E-state index is 12.7. The van der Waals surface area contributed by atoms with Crippen LogP contribution in [0.25, 0.3) is 0 Å². The van der Waals surface area contributed by atoms with Crippen LogP contribution in [0.5, 0.6) is 5.88 Å². The van der Waals surface area contributed by atoms with Crippen molar-refractivity contribution in [3.8, 4) is 5.88 Å². The van der Waals surface area contributed by atoms with Crippen molar-refractivity contribution in [2.24, 2.45) is 5.41 Å². The Bertz CT molecular complexity index is 587. The molecule has 0 aromatic carbocycles. The van der Waals surface area contributed by atoms with Gasteiger partial charge >= 0.3 is 0 Å². The number of nitrogens with zero attached hydrogens (tertiary/aromatic N) is 2. The van der Waals surface area contributed by atoms with Crippen molar-refractivity contribution in [3.05, 3.63) is 11.3 Å². The minimum absolute atomic E-state index is 0.0161. The van der Waals surface area contributed by atoms with E-state index in [1.54, 1.807) is 0 Å². The standard InChI is InChI=1S/C17H25N3O2/c1-12-14(19-20-10-5-11-22-16(12)20)15(21)18-13-6-9-17(13)7-3-2-4-8-17/h13H,2-11H2,1H3,(H,18,21). The zero-order valence-electron chi connectivity index (χ0n) is 13.4. The maximum Gasteiger partial charge on any atom is 0.272 e. The molecule has 3 aliphatic rings. The minimum atomic E-state index is -0.0161. The lowest BCUT2D eigenvalue weighted by molar-refractivity contribution is 0.0221. The van der Waals surface area contributed by atoms with E-state index in [0.717, 1.165) is 37.4 Å². The van der Waals surface area contributed by atoms with E-state index in [4.69, 9.17) is 4.74 Å². The number of aryl methyl sites for hydroxylation is 1. The molecule has 22 heavy (non-hydrogen) atoms. The highest BCUT2D eigenvalue weighted by Crippen LogP contribution is 2.51. The van der Waals surface area contributed by atoms with Crippen LogP contribution in [0.2, 0.25) is 0 Å². The summed E-state index contributed by atoms with van der Waals surface area (Å²) in [5.41, 5.74) is 1.82. The number of hydrogen-bond donors (Lipinski definition) is 1. The maximum atomic E-state index is 12.7. The van der Waals surface area contributed by atoms with Crippen LogP contribution < -0.4 is 10.1 Å². The molecule has 120 valence electrons. The van der Waals surface area contributed by atoms with Crippen LogP contribution in [0, 0.1) is 12.3 Å². The molecule has 5 nitrogen and oxygen atoms in total. The van der Waals surface area contributed by atoms with Gasteiger partial charge in [-0.05, 0) is 38.0 Å². The van der Waals surface area contributed by atoms with Crippen LogP contribution in [-0.2, 0) is 6.54 Å². The molecule has 0 saturated heterocycles. The third-order valence-corrected chi connectivity index (χ3v) is 5.92. The van der Waals surface area contributed by atoms with Gasteiger partial charge in [0, 0.05) is 24.6 Å². The predicted octanol–water partition coefficient (Wildman–Crippen LogP) is 2.82. The molecule has 1 atom stereocenters. The third-order valence-electron chi connectivity index (χ3n) is 5.92. The summed E-state index contributed by atoms with van der Waals surface area (Å²) in [6.45, 7) is 3.51. The van der Waals surface area contributed by atoms with E-state index in [0.29, 0.717) is 17.2 Å². The van der Waals surface area contributed by atoms with Crippen molar-refractivity contribution in [1.29, 1.82) is 0 Å². The highest BCUT2D eigenvalue weighted by Gasteiger charge is 2.47. The number of fused-ring (bicyclic) bond motifs is 1. The molecule has 2 fully saturated rings. The van der Waals surface area contributed by atoms with E-state index in [2.05, 4.69) is 10.4 Å². The van der Waals surface area contributed by atoms with Gasteiger partial charge in [0.1, 0.15) is 0 Å². The average Bonchev–Trinajstić information content (AvgIpc) is 2.90. The van der Waals surface area contributed by atoms with Gasteiger partial charge in [-0.15, -0.1) is 0 Å². The zero-order chi connectivity index (χ0) is 15.2. The van der Waals surface area contributed by atoms with Gasteiger partial charge in [0.2, 0.25) is 5.88 Å². The smallest absolute Gasteiger partial charge is 0.272 e. The first-order valence-corrected chi connectivity index (χ1v) is 8.71. The third kappa shape index (κ3) is 2.13. The van der Waals surface area contributed by atoms with Gasteiger partial charge in [-0.1, -0.05) is 19.3 Å². The fourth-order valence-electron chi connectivity index (χ4n) is 4.47. The fourth-order valence-corrected chi connectivity index (χ4v) is 4.47. The van der Waals surface area contributed by atoms with E-state index in [9.17, 15) is 4.79 Å². The second-order valence-corrected chi connectivity index (χ2v) is 7.19. The molecule has 0 bridgehead atoms. The van der Waals surface area contributed by atoms with E-state index in [1.807, 2.05) is 11.6 Å². The summed E-state index contributed by atoms with van der Waals surface area (Å²) >= 11 is 0. The minimum Gasteiger partial charge on any atom is -0.478 e. The number of carbonyl (C=O) groups is 1. The number of aromatic nitrogens is 2. The van der Waals surface area contributed by atoms with Crippen LogP contribution in [-0.4, -0.2) is 28.3 Å². The Morgan fingerprint density at radius 1 is 1.27 bits per heavy atom. The normalized spacial score (nSPS) is 26.0. The molecule has 1 unspecified atom stereocenters. The van der Waals surface area contributed by atoms with Crippen LogP contribution >= 0.6 is 0 Å². The van der Waals surface area contributed by atoms with Gasteiger partial charge in [0.25, 0.3) is 5.91 Å². The summed E-state index contributed by atoms with van der Waals surface area (Å²) in [5.74, 6) is 0.759. The second-order valence-electron chi connectivity index (χ2n) is 7.19. The van der Waals surface area contributed by atoms with Crippen molar-refractivity contribution in [1.82, 2.24) is 15.1 Å². The summed E-state index contributed by atoms with van der Waals surface area (Å²) in [4.78, 5) is 12.7. The molecule has 2 saturated carbocycles. The first-order chi connectivity index (χ1) is 10.7. The monoisotopic (exact) mass is 303 g/mol. The molecule has 1 aromatic heterocycles. The summed E-state index contributed by atoms with van der Waals surface area (Å²) in [7, 11) is 0. The summed E-state index contributed by atoms with van der Waals surface area (Å²) in [6, 6.07) is 0.347. The highest BCUT2D eigenvalue weighted by atomic mass is 16.5. The van der Waals surface area contributed by atoms with Crippen LogP contribution in [0.3, 0.4) is 0 Å². The molecule has 1 spiro atoms. The number of amides is 1. The Hall–Kier alpha value is -1.52. The van der Waals surface area contributed by atoms with Crippen molar-refractivity contribution in [2.45, 2.75) is 70.9 Å². The molecular weight excluding hydrogens is 278 g/mol. The molecule has 1 aromatic rings. The van der Waals surface area contributed by atoms with Gasteiger partial charge < -0.3 is 10.1 Å². The topological polar surface area (TPSA) is 56.2 Å². The first-order valence-electron chi connectivity index (χ1n) is 8.71. The van der Waals surface area contributed by atoms with Gasteiger partial charge in [0.05, 0.1) is 6.61 Å². The number of hydrogen-bond acceptors (Lipinski definition) is 3. The van der Waals surface area contributed by atoms with Crippen molar-refractivity contribution < 1.29 is 9.53 Å². The lowest BCUT2D eigenvalue weighted by Gasteiger charge is -2.52. The van der Waals surface area contributed by atoms with Crippen LogP contribution in [0.15, 0.2) is 0 Å². The Morgan fingerprint density at radius 2 is 2.09 bits per heavy atom. The molecular formula is C17H25N3O2. The molecule has 1 N–H and O–H groups in total. The molecule has 4 rings (SSSR count). The van der Waals surface area contributed by atoms with Crippen molar-refractivity contribution in [3.63, 3.8) is 0 Å². The first kappa shape index (κ1) is 14.1. The van der Waals surface area contributed by atoms with Gasteiger partial charge in [-0.2, -0.15) is 5.10 Å². The summed E-state index contributed by atoms with van der Waals surface area (Å²) < 4.78 is 7.50. The molecule has 5 heteroatoms. The second kappa shape index (κ2) is 5.28. The molecule has 2 aliphatic carbocycles. The predicted molar refractivity (Wildman–Crippen MR) is 83.1 cm³/mol. The Kier molecular flexibility index (Phi) is 3.39. The molecule has 1 amide bonds. The number of ether oxygens (including phenoxy) is 1. The van der Waals surface area contributed by atoms with Gasteiger partial charge in [-0.25, -0.2) is 4.68 Å². The van der Waals surface area contributed by atoms with Gasteiger partial charge in [0.15, 0.2) is 5.69 Å². The SMILES string of the molecule is Cc1c(C(=O)NC2CCC23CCCCC3)nn2c1OCCC2. The quantitative estimate of drug-likeness (QED) is 0.914. The van der Waals surface area contributed by atoms with E-state index in [-0.39, 0.29) is 5.91 Å².